The van der Waals surface area contributed by atoms with Gasteiger partial charge in [-0.05, 0) is 30.5 Å². The largest absolute Gasteiger partial charge is 0.330 e. The summed E-state index contributed by atoms with van der Waals surface area (Å²) in [7, 11) is -3.51. The Kier molecular flexibility index (Phi) is 5.15. The number of nitrogens with two attached hydrogens (primary N) is 1. The third kappa shape index (κ3) is 3.42. The van der Waals surface area contributed by atoms with E-state index < -0.39 is 10.0 Å². The molecule has 0 amide bonds. The van der Waals surface area contributed by atoms with Crippen molar-refractivity contribution in [3.8, 4) is 5.69 Å². The molecule has 2 aromatic rings. The van der Waals surface area contributed by atoms with Crippen LogP contribution in [0.2, 0.25) is 0 Å². The summed E-state index contributed by atoms with van der Waals surface area (Å²) < 4.78 is 28.5. The van der Waals surface area contributed by atoms with Gasteiger partial charge in [0.1, 0.15) is 4.90 Å². The first-order valence-electron chi connectivity index (χ1n) is 7.25. The standard InChI is InChI=1S/C15H20N4O2S.ClH/c1-15(11-16)7-8-18(12-15)22(20,21)14-9-17-19(10-14)13-5-3-2-4-6-13;/h2-6,9-10H,7-8,11-12,16H2,1H3;1H. The van der Waals surface area contributed by atoms with Crippen LogP contribution in [-0.2, 0) is 10.0 Å². The lowest BCUT2D eigenvalue weighted by Gasteiger charge is -2.21. The molecule has 1 saturated heterocycles. The SMILES string of the molecule is CC1(CN)CCN(S(=O)(=O)c2cnn(-c3ccccc3)c2)C1.Cl. The van der Waals surface area contributed by atoms with Crippen molar-refractivity contribution in [2.24, 2.45) is 11.1 Å². The molecular weight excluding hydrogens is 336 g/mol. The smallest absolute Gasteiger partial charge is 0.246 e. The van der Waals surface area contributed by atoms with Crippen LogP contribution in [0.3, 0.4) is 0 Å². The van der Waals surface area contributed by atoms with Crippen molar-refractivity contribution in [1.29, 1.82) is 0 Å². The molecule has 0 spiro atoms. The molecule has 126 valence electrons. The van der Waals surface area contributed by atoms with E-state index in [2.05, 4.69) is 5.10 Å². The van der Waals surface area contributed by atoms with Gasteiger partial charge in [-0.3, -0.25) is 0 Å². The van der Waals surface area contributed by atoms with E-state index in [4.69, 9.17) is 5.73 Å². The second-order valence-electron chi connectivity index (χ2n) is 6.06. The molecule has 8 heteroatoms. The molecule has 1 aromatic heterocycles. The quantitative estimate of drug-likeness (QED) is 0.903. The molecule has 0 radical (unpaired) electrons. The molecule has 1 unspecified atom stereocenters. The number of rotatable bonds is 4. The Balaban J connectivity index is 0.00000192. The van der Waals surface area contributed by atoms with Gasteiger partial charge in [0.25, 0.3) is 0 Å². The van der Waals surface area contributed by atoms with Crippen molar-refractivity contribution in [3.05, 3.63) is 42.7 Å². The van der Waals surface area contributed by atoms with Crippen LogP contribution >= 0.6 is 12.4 Å². The van der Waals surface area contributed by atoms with Crippen molar-refractivity contribution in [2.45, 2.75) is 18.2 Å². The first-order valence-corrected chi connectivity index (χ1v) is 8.69. The van der Waals surface area contributed by atoms with Gasteiger partial charge in [0, 0.05) is 13.1 Å². The molecule has 23 heavy (non-hydrogen) atoms. The van der Waals surface area contributed by atoms with E-state index in [1.54, 1.807) is 10.9 Å². The average molecular weight is 357 g/mol. The highest BCUT2D eigenvalue weighted by atomic mass is 35.5. The number of para-hydroxylation sites is 1. The lowest BCUT2D eigenvalue weighted by atomic mass is 9.90. The molecule has 1 aliphatic rings. The van der Waals surface area contributed by atoms with E-state index in [-0.39, 0.29) is 22.7 Å². The predicted octanol–water partition coefficient (Wildman–Crippen LogP) is 1.65. The van der Waals surface area contributed by atoms with Crippen molar-refractivity contribution in [1.82, 2.24) is 14.1 Å². The number of hydrogen-bond acceptors (Lipinski definition) is 4. The topological polar surface area (TPSA) is 81.2 Å². The highest BCUT2D eigenvalue weighted by molar-refractivity contribution is 7.89. The van der Waals surface area contributed by atoms with Crippen molar-refractivity contribution < 1.29 is 8.42 Å². The number of nitrogens with zero attached hydrogens (tertiary/aromatic N) is 3. The Labute approximate surface area is 142 Å². The Bertz CT molecular complexity index is 763. The molecular formula is C15H21ClN4O2S. The van der Waals surface area contributed by atoms with Crippen LogP contribution in [0.1, 0.15) is 13.3 Å². The van der Waals surface area contributed by atoms with Gasteiger partial charge in [-0.25, -0.2) is 13.1 Å². The second kappa shape index (κ2) is 6.60. The fourth-order valence-corrected chi connectivity index (χ4v) is 4.19. The molecule has 6 nitrogen and oxygen atoms in total. The maximum atomic E-state index is 12.7. The highest BCUT2D eigenvalue weighted by Crippen LogP contribution is 2.32. The summed E-state index contributed by atoms with van der Waals surface area (Å²) in [5, 5.41) is 4.17. The van der Waals surface area contributed by atoms with Crippen LogP contribution in [0, 0.1) is 5.41 Å². The van der Waals surface area contributed by atoms with Gasteiger partial charge in [-0.15, -0.1) is 12.4 Å². The minimum atomic E-state index is -3.51. The third-order valence-corrected chi connectivity index (χ3v) is 6.03. The molecule has 1 aromatic carbocycles. The van der Waals surface area contributed by atoms with Crippen molar-refractivity contribution >= 4 is 22.4 Å². The third-order valence-electron chi connectivity index (χ3n) is 4.23. The van der Waals surface area contributed by atoms with Crippen LogP contribution in [0.5, 0.6) is 0 Å². The molecule has 2 N–H and O–H groups in total. The number of benzene rings is 1. The van der Waals surface area contributed by atoms with E-state index in [9.17, 15) is 8.42 Å². The molecule has 0 aliphatic carbocycles. The lowest BCUT2D eigenvalue weighted by molar-refractivity contribution is 0.349. The van der Waals surface area contributed by atoms with E-state index in [1.165, 1.54) is 10.5 Å². The van der Waals surface area contributed by atoms with Crippen LogP contribution < -0.4 is 5.73 Å². The predicted molar refractivity (Wildman–Crippen MR) is 91.3 cm³/mol. The summed E-state index contributed by atoms with van der Waals surface area (Å²) in [6, 6.07) is 9.44. The summed E-state index contributed by atoms with van der Waals surface area (Å²) in [5.74, 6) is 0. The van der Waals surface area contributed by atoms with E-state index >= 15 is 0 Å². The summed E-state index contributed by atoms with van der Waals surface area (Å²) in [6.45, 7) is 3.48. The number of sulfonamides is 1. The van der Waals surface area contributed by atoms with Crippen LogP contribution in [0.4, 0.5) is 0 Å². The van der Waals surface area contributed by atoms with Crippen LogP contribution in [-0.4, -0.2) is 42.1 Å². The van der Waals surface area contributed by atoms with Gasteiger partial charge in [0.05, 0.1) is 18.1 Å². The lowest BCUT2D eigenvalue weighted by Crippen LogP contribution is -2.34. The maximum Gasteiger partial charge on any atom is 0.246 e. The first kappa shape index (κ1) is 17.9. The maximum absolute atomic E-state index is 12.7. The fraction of sp³-hybridized carbons (Fsp3) is 0.400. The average Bonchev–Trinajstić information content (AvgIpc) is 3.16. The Hall–Kier alpha value is -1.41. The minimum absolute atomic E-state index is 0. The molecule has 0 saturated carbocycles. The molecule has 2 heterocycles. The Morgan fingerprint density at radius 2 is 2.00 bits per heavy atom. The van der Waals surface area contributed by atoms with Crippen LogP contribution in [0.25, 0.3) is 5.69 Å². The number of aromatic nitrogens is 2. The van der Waals surface area contributed by atoms with Gasteiger partial charge in [-0.2, -0.15) is 9.40 Å². The molecule has 0 bridgehead atoms. The van der Waals surface area contributed by atoms with Crippen LogP contribution in [0.15, 0.2) is 47.6 Å². The molecule has 1 aliphatic heterocycles. The van der Waals surface area contributed by atoms with Gasteiger partial charge in [-0.1, -0.05) is 25.1 Å². The summed E-state index contributed by atoms with van der Waals surface area (Å²) in [4.78, 5) is 0.220. The molecule has 1 atom stereocenters. The highest BCUT2D eigenvalue weighted by Gasteiger charge is 2.39. The van der Waals surface area contributed by atoms with Gasteiger partial charge in [0.15, 0.2) is 0 Å². The van der Waals surface area contributed by atoms with Crippen molar-refractivity contribution in [3.63, 3.8) is 0 Å². The zero-order valence-corrected chi connectivity index (χ0v) is 14.6. The zero-order chi connectivity index (χ0) is 15.8. The summed E-state index contributed by atoms with van der Waals surface area (Å²) in [6.07, 6.45) is 3.75. The van der Waals surface area contributed by atoms with E-state index in [1.807, 2.05) is 37.3 Å². The second-order valence-corrected chi connectivity index (χ2v) is 8.00. The van der Waals surface area contributed by atoms with Gasteiger partial charge >= 0.3 is 0 Å². The Morgan fingerprint density at radius 1 is 1.30 bits per heavy atom. The van der Waals surface area contributed by atoms with Crippen molar-refractivity contribution in [2.75, 3.05) is 19.6 Å². The first-order chi connectivity index (χ1) is 10.4. The zero-order valence-electron chi connectivity index (χ0n) is 12.9. The Morgan fingerprint density at radius 3 is 2.61 bits per heavy atom. The van der Waals surface area contributed by atoms with Gasteiger partial charge < -0.3 is 5.73 Å². The molecule has 3 rings (SSSR count). The normalized spacial score (nSPS) is 22.0. The minimum Gasteiger partial charge on any atom is -0.330 e. The monoisotopic (exact) mass is 356 g/mol. The number of hydrogen-bond donors (Lipinski definition) is 1. The fourth-order valence-electron chi connectivity index (χ4n) is 2.66. The van der Waals surface area contributed by atoms with Gasteiger partial charge in [0.2, 0.25) is 10.0 Å². The van der Waals surface area contributed by atoms with E-state index in [0.29, 0.717) is 19.6 Å². The summed E-state index contributed by atoms with van der Waals surface area (Å²) >= 11 is 0. The molecule has 1 fully saturated rings. The summed E-state index contributed by atoms with van der Waals surface area (Å²) in [5.41, 5.74) is 6.45. The van der Waals surface area contributed by atoms with E-state index in [0.717, 1.165) is 12.1 Å². The number of halogens is 1.